The molecule has 0 amide bonds. The van der Waals surface area contributed by atoms with Crippen LogP contribution in [0.15, 0.2) is 30.5 Å². The molecule has 0 fully saturated rings. The first-order chi connectivity index (χ1) is 6.77. The van der Waals surface area contributed by atoms with Crippen LogP contribution in [0.1, 0.15) is 17.4 Å². The lowest BCUT2D eigenvalue weighted by molar-refractivity contribution is 0.215. The number of aliphatic hydroxyl groups excluding tert-OH is 1. The summed E-state index contributed by atoms with van der Waals surface area (Å²) in [5.41, 5.74) is 1.18. The molecule has 2 aromatic rings. The van der Waals surface area contributed by atoms with E-state index in [1.807, 2.05) is 0 Å². The molecule has 1 aromatic carbocycles. The molecule has 0 radical (unpaired) electrons. The van der Waals surface area contributed by atoms with Crippen LogP contribution in [0, 0.1) is 0 Å². The summed E-state index contributed by atoms with van der Waals surface area (Å²) in [5.74, 6) is 0. The lowest BCUT2D eigenvalue weighted by Gasteiger charge is -2.06. The molecular weight excluding hydrogens is 202 g/mol. The second-order valence-corrected chi connectivity index (χ2v) is 3.29. The number of aromatic amines is 1. The molecule has 0 saturated carbocycles. The fraction of sp³-hybridized carbons (Fsp3) is 0.111. The van der Waals surface area contributed by atoms with Crippen molar-refractivity contribution in [2.45, 2.75) is 6.10 Å². The Morgan fingerprint density at radius 3 is 2.93 bits per heavy atom. The minimum absolute atomic E-state index is 0.479. The summed E-state index contributed by atoms with van der Waals surface area (Å²) < 4.78 is 0. The molecule has 72 valence electrons. The highest BCUT2D eigenvalue weighted by Crippen LogP contribution is 2.21. The van der Waals surface area contributed by atoms with Crippen molar-refractivity contribution in [3.63, 3.8) is 0 Å². The number of aliphatic hydroxyl groups is 1. The lowest BCUT2D eigenvalue weighted by atomic mass is 10.1. The number of halogens is 1. The molecule has 14 heavy (non-hydrogen) atoms. The maximum absolute atomic E-state index is 9.82. The van der Waals surface area contributed by atoms with Crippen LogP contribution in [0.5, 0.6) is 0 Å². The molecule has 2 N–H and O–H groups in total. The lowest BCUT2D eigenvalue weighted by Crippen LogP contribution is -1.99. The van der Waals surface area contributed by atoms with Crippen molar-refractivity contribution in [3.05, 3.63) is 46.7 Å². The van der Waals surface area contributed by atoms with Gasteiger partial charge in [-0.05, 0) is 17.7 Å². The van der Waals surface area contributed by atoms with E-state index in [4.69, 9.17) is 11.6 Å². The Labute approximate surface area is 85.5 Å². The van der Waals surface area contributed by atoms with Gasteiger partial charge in [-0.1, -0.05) is 23.7 Å². The number of rotatable bonds is 2. The van der Waals surface area contributed by atoms with Gasteiger partial charge in [0, 0.05) is 5.02 Å². The van der Waals surface area contributed by atoms with Crippen molar-refractivity contribution in [1.29, 1.82) is 0 Å². The number of hydrogen-bond donors (Lipinski definition) is 2. The third-order valence-electron chi connectivity index (χ3n) is 1.88. The zero-order valence-electron chi connectivity index (χ0n) is 7.18. The summed E-state index contributed by atoms with van der Waals surface area (Å²) in [4.78, 5) is 0. The van der Waals surface area contributed by atoms with Gasteiger partial charge in [-0.3, -0.25) is 0 Å². The van der Waals surface area contributed by atoms with Gasteiger partial charge >= 0.3 is 0 Å². The first-order valence-electron chi connectivity index (χ1n) is 4.06. The van der Waals surface area contributed by atoms with Crippen molar-refractivity contribution >= 4 is 11.6 Å². The predicted molar refractivity (Wildman–Crippen MR) is 51.9 cm³/mol. The molecule has 1 aromatic heterocycles. The van der Waals surface area contributed by atoms with Crippen LogP contribution in [0.25, 0.3) is 0 Å². The summed E-state index contributed by atoms with van der Waals surface area (Å²) in [7, 11) is 0. The van der Waals surface area contributed by atoms with Crippen molar-refractivity contribution in [3.8, 4) is 0 Å². The zero-order valence-corrected chi connectivity index (χ0v) is 7.94. The standard InChI is InChI=1S/C9H8ClN3O/c10-7-3-1-2-6(4-7)9(14)8-5-11-13-12-8/h1-5,9,14H,(H,11,12,13). The molecule has 0 bridgehead atoms. The fourth-order valence-corrected chi connectivity index (χ4v) is 1.39. The molecule has 0 aliphatic rings. The van der Waals surface area contributed by atoms with Gasteiger partial charge in [0.15, 0.2) is 0 Å². The Kier molecular flexibility index (Phi) is 2.47. The van der Waals surface area contributed by atoms with E-state index in [9.17, 15) is 5.11 Å². The second kappa shape index (κ2) is 3.77. The molecule has 0 aliphatic carbocycles. The Balaban J connectivity index is 2.32. The maximum Gasteiger partial charge on any atom is 0.124 e. The summed E-state index contributed by atoms with van der Waals surface area (Å²) in [6.07, 6.45) is 0.693. The minimum Gasteiger partial charge on any atom is -0.382 e. The van der Waals surface area contributed by atoms with E-state index >= 15 is 0 Å². The quantitative estimate of drug-likeness (QED) is 0.789. The largest absolute Gasteiger partial charge is 0.382 e. The molecule has 4 nitrogen and oxygen atoms in total. The van der Waals surface area contributed by atoms with Crippen LogP contribution in [0.4, 0.5) is 0 Å². The third kappa shape index (κ3) is 1.76. The van der Waals surface area contributed by atoms with E-state index in [2.05, 4.69) is 15.4 Å². The highest BCUT2D eigenvalue weighted by atomic mass is 35.5. The van der Waals surface area contributed by atoms with Gasteiger partial charge in [-0.2, -0.15) is 15.4 Å². The second-order valence-electron chi connectivity index (χ2n) is 2.85. The van der Waals surface area contributed by atoms with Gasteiger partial charge in [0.05, 0.1) is 6.20 Å². The highest BCUT2D eigenvalue weighted by Gasteiger charge is 2.12. The van der Waals surface area contributed by atoms with Crippen LogP contribution < -0.4 is 0 Å². The van der Waals surface area contributed by atoms with E-state index in [1.54, 1.807) is 24.3 Å². The van der Waals surface area contributed by atoms with Gasteiger partial charge in [0.25, 0.3) is 0 Å². The van der Waals surface area contributed by atoms with Crippen LogP contribution in [-0.2, 0) is 0 Å². The first-order valence-corrected chi connectivity index (χ1v) is 4.44. The Morgan fingerprint density at radius 2 is 2.29 bits per heavy atom. The molecular formula is C9H8ClN3O. The first kappa shape index (κ1) is 9.18. The molecule has 2 rings (SSSR count). The van der Waals surface area contributed by atoms with E-state index in [1.165, 1.54) is 6.20 Å². The van der Waals surface area contributed by atoms with Crippen molar-refractivity contribution in [2.24, 2.45) is 0 Å². The number of H-pyrrole nitrogens is 1. The normalized spacial score (nSPS) is 12.7. The van der Waals surface area contributed by atoms with Crippen LogP contribution >= 0.6 is 11.6 Å². The van der Waals surface area contributed by atoms with Crippen molar-refractivity contribution < 1.29 is 5.11 Å². The number of nitrogens with zero attached hydrogens (tertiary/aromatic N) is 2. The average Bonchev–Trinajstić information content (AvgIpc) is 2.69. The average molecular weight is 210 g/mol. The number of benzene rings is 1. The molecule has 1 unspecified atom stereocenters. The number of aromatic nitrogens is 3. The SMILES string of the molecule is OC(c1cccc(Cl)c1)c1cn[nH]n1. The van der Waals surface area contributed by atoms with E-state index in [0.29, 0.717) is 16.3 Å². The Bertz CT molecular complexity index is 416. The monoisotopic (exact) mass is 209 g/mol. The smallest absolute Gasteiger partial charge is 0.124 e. The van der Waals surface area contributed by atoms with E-state index in [0.717, 1.165) is 0 Å². The van der Waals surface area contributed by atoms with Crippen molar-refractivity contribution in [2.75, 3.05) is 0 Å². The van der Waals surface area contributed by atoms with Crippen LogP contribution in [0.2, 0.25) is 5.02 Å². The fourth-order valence-electron chi connectivity index (χ4n) is 1.19. The molecule has 0 spiro atoms. The number of hydrogen-bond acceptors (Lipinski definition) is 3. The molecule has 1 atom stereocenters. The summed E-state index contributed by atoms with van der Waals surface area (Å²) >= 11 is 5.80. The topological polar surface area (TPSA) is 61.8 Å². The van der Waals surface area contributed by atoms with Gasteiger partial charge in [-0.15, -0.1) is 0 Å². The van der Waals surface area contributed by atoms with E-state index in [-0.39, 0.29) is 0 Å². The summed E-state index contributed by atoms with van der Waals surface area (Å²) in [5, 5.41) is 20.3. The van der Waals surface area contributed by atoms with Gasteiger partial charge in [-0.25, -0.2) is 0 Å². The highest BCUT2D eigenvalue weighted by molar-refractivity contribution is 6.30. The Hall–Kier alpha value is -1.39. The maximum atomic E-state index is 9.82. The Morgan fingerprint density at radius 1 is 1.43 bits per heavy atom. The molecule has 0 saturated heterocycles. The predicted octanol–water partition coefficient (Wildman–Crippen LogP) is 1.54. The molecule has 0 aliphatic heterocycles. The van der Waals surface area contributed by atoms with E-state index < -0.39 is 6.10 Å². The van der Waals surface area contributed by atoms with Gasteiger partial charge < -0.3 is 5.11 Å². The summed E-state index contributed by atoms with van der Waals surface area (Å²) in [6, 6.07) is 7.01. The zero-order chi connectivity index (χ0) is 9.97. The summed E-state index contributed by atoms with van der Waals surface area (Å²) in [6.45, 7) is 0. The molecule has 1 heterocycles. The molecule has 5 heteroatoms. The van der Waals surface area contributed by atoms with Crippen LogP contribution in [0.3, 0.4) is 0 Å². The van der Waals surface area contributed by atoms with Crippen LogP contribution in [-0.4, -0.2) is 20.5 Å². The van der Waals surface area contributed by atoms with Gasteiger partial charge in [0.1, 0.15) is 11.8 Å². The van der Waals surface area contributed by atoms with Crippen molar-refractivity contribution in [1.82, 2.24) is 15.4 Å². The number of nitrogens with one attached hydrogen (secondary N) is 1. The third-order valence-corrected chi connectivity index (χ3v) is 2.11. The minimum atomic E-state index is -0.785. The van der Waals surface area contributed by atoms with Gasteiger partial charge in [0.2, 0.25) is 0 Å².